The van der Waals surface area contributed by atoms with Crippen LogP contribution in [0.2, 0.25) is 0 Å². The molecule has 0 amide bonds. The first kappa shape index (κ1) is 14.1. The lowest BCUT2D eigenvalue weighted by atomic mass is 10.1. The Kier molecular flexibility index (Phi) is 4.97. The summed E-state index contributed by atoms with van der Waals surface area (Å²) in [5.41, 5.74) is 2.41. The van der Waals surface area contributed by atoms with E-state index < -0.39 is 0 Å². The van der Waals surface area contributed by atoms with E-state index in [0.29, 0.717) is 6.04 Å². The van der Waals surface area contributed by atoms with Gasteiger partial charge in [-0.15, -0.1) is 0 Å². The summed E-state index contributed by atoms with van der Waals surface area (Å²) in [6.07, 6.45) is 7.02. The third-order valence-corrected chi connectivity index (χ3v) is 3.86. The fourth-order valence-electron chi connectivity index (χ4n) is 2.47. The topological polar surface area (TPSA) is 20.7 Å². The van der Waals surface area contributed by atoms with Crippen molar-refractivity contribution in [3.8, 4) is 11.3 Å². The van der Waals surface area contributed by atoms with Crippen LogP contribution < -0.4 is 0 Å². The molecule has 2 aromatic rings. The molecule has 2 nitrogen and oxygen atoms in total. The highest BCUT2D eigenvalue weighted by Gasteiger charge is 2.12. The predicted molar refractivity (Wildman–Crippen MR) is 83.9 cm³/mol. The number of imidazole rings is 1. The van der Waals surface area contributed by atoms with Crippen molar-refractivity contribution in [3.05, 3.63) is 41.3 Å². The van der Waals surface area contributed by atoms with Crippen molar-refractivity contribution in [2.75, 3.05) is 0 Å². The van der Waals surface area contributed by atoms with Crippen LogP contribution in [0.1, 0.15) is 45.6 Å². The number of rotatable bonds is 6. The van der Waals surface area contributed by atoms with Gasteiger partial charge in [0.2, 0.25) is 0 Å². The summed E-state index contributed by atoms with van der Waals surface area (Å²) in [5.74, 6) is 0. The lowest BCUT2D eigenvalue weighted by Gasteiger charge is -2.16. The molecule has 1 aromatic heterocycles. The van der Waals surface area contributed by atoms with Gasteiger partial charge in [-0.05, 0) is 31.1 Å². The van der Waals surface area contributed by atoms with E-state index >= 15 is 0 Å². The van der Waals surface area contributed by atoms with E-state index in [-0.39, 0.29) is 0 Å². The number of H-pyrrole nitrogens is 1. The number of hydrogen-bond donors (Lipinski definition) is 1. The Bertz CT molecular complexity index is 554. The van der Waals surface area contributed by atoms with Crippen LogP contribution in [-0.2, 0) is 0 Å². The Morgan fingerprint density at radius 2 is 1.95 bits per heavy atom. The zero-order valence-corrected chi connectivity index (χ0v) is 12.5. The molecule has 1 N–H and O–H groups in total. The molecule has 0 aliphatic carbocycles. The second-order valence-electron chi connectivity index (χ2n) is 5.06. The van der Waals surface area contributed by atoms with Gasteiger partial charge in [0, 0.05) is 12.2 Å². The van der Waals surface area contributed by atoms with Gasteiger partial charge >= 0.3 is 0 Å². The van der Waals surface area contributed by atoms with E-state index in [2.05, 4.69) is 47.7 Å². The summed E-state index contributed by atoms with van der Waals surface area (Å²) in [4.78, 5) is 3.18. The van der Waals surface area contributed by atoms with Crippen LogP contribution in [-0.4, -0.2) is 9.55 Å². The third-order valence-electron chi connectivity index (χ3n) is 3.55. The Hall–Kier alpha value is -1.35. The normalized spacial score (nSPS) is 12.5. The number of benzene rings is 1. The zero-order valence-electron chi connectivity index (χ0n) is 11.7. The van der Waals surface area contributed by atoms with Crippen molar-refractivity contribution in [1.82, 2.24) is 9.55 Å². The average molecular weight is 274 g/mol. The standard InChI is InChI=1S/C16H22N2S/c1-3-4-6-9-13(2)18-15(12-17-16(18)19)14-10-7-5-8-11-14/h5,7-8,10-13H,3-4,6,9H2,1-2H3,(H,17,19). The predicted octanol–water partition coefficient (Wildman–Crippen LogP) is 5.35. The minimum atomic E-state index is 0.445. The Morgan fingerprint density at radius 1 is 1.21 bits per heavy atom. The maximum atomic E-state index is 5.44. The monoisotopic (exact) mass is 274 g/mol. The molecule has 0 radical (unpaired) electrons. The van der Waals surface area contributed by atoms with E-state index in [1.165, 1.54) is 36.9 Å². The molecule has 0 spiro atoms. The van der Waals surface area contributed by atoms with Gasteiger partial charge in [-0.3, -0.25) is 0 Å². The van der Waals surface area contributed by atoms with Crippen LogP contribution in [0.4, 0.5) is 0 Å². The molecule has 2 rings (SSSR count). The number of nitrogens with zero attached hydrogens (tertiary/aromatic N) is 1. The van der Waals surface area contributed by atoms with Gasteiger partial charge in [-0.25, -0.2) is 0 Å². The van der Waals surface area contributed by atoms with Crippen LogP contribution in [0.15, 0.2) is 36.5 Å². The summed E-state index contributed by atoms with van der Waals surface area (Å²) in [5, 5.41) is 0. The lowest BCUT2D eigenvalue weighted by molar-refractivity contribution is 0.476. The first-order chi connectivity index (χ1) is 9.24. The molecular weight excluding hydrogens is 252 g/mol. The van der Waals surface area contributed by atoms with Gasteiger partial charge in [-0.2, -0.15) is 0 Å². The Labute approximate surface area is 120 Å². The molecule has 0 bridgehead atoms. The van der Waals surface area contributed by atoms with Crippen molar-refractivity contribution >= 4 is 12.2 Å². The molecule has 1 atom stereocenters. The summed E-state index contributed by atoms with van der Waals surface area (Å²) in [6, 6.07) is 10.9. The van der Waals surface area contributed by atoms with Gasteiger partial charge in [0.15, 0.2) is 4.77 Å². The highest BCUT2D eigenvalue weighted by molar-refractivity contribution is 7.71. The molecule has 0 saturated carbocycles. The van der Waals surface area contributed by atoms with E-state index in [9.17, 15) is 0 Å². The van der Waals surface area contributed by atoms with Gasteiger partial charge in [0.1, 0.15) is 0 Å². The lowest BCUT2D eigenvalue weighted by Crippen LogP contribution is -2.07. The molecule has 0 fully saturated rings. The Balaban J connectivity index is 2.25. The summed E-state index contributed by atoms with van der Waals surface area (Å²) < 4.78 is 3.07. The molecule has 3 heteroatoms. The largest absolute Gasteiger partial charge is 0.337 e. The van der Waals surface area contributed by atoms with Crippen molar-refractivity contribution in [3.63, 3.8) is 0 Å². The van der Waals surface area contributed by atoms with Crippen LogP contribution in [0.5, 0.6) is 0 Å². The first-order valence-corrected chi connectivity index (χ1v) is 7.50. The molecule has 102 valence electrons. The second-order valence-corrected chi connectivity index (χ2v) is 5.45. The highest BCUT2D eigenvalue weighted by Crippen LogP contribution is 2.25. The second kappa shape index (κ2) is 6.71. The minimum Gasteiger partial charge on any atom is -0.337 e. The van der Waals surface area contributed by atoms with Crippen LogP contribution in [0, 0.1) is 4.77 Å². The first-order valence-electron chi connectivity index (χ1n) is 7.09. The number of aromatic amines is 1. The van der Waals surface area contributed by atoms with Gasteiger partial charge in [-0.1, -0.05) is 56.5 Å². The van der Waals surface area contributed by atoms with Gasteiger partial charge in [0.05, 0.1) is 5.69 Å². The summed E-state index contributed by atoms with van der Waals surface area (Å²) in [7, 11) is 0. The van der Waals surface area contributed by atoms with Crippen LogP contribution in [0.25, 0.3) is 11.3 Å². The number of hydrogen-bond acceptors (Lipinski definition) is 1. The van der Waals surface area contributed by atoms with Crippen molar-refractivity contribution in [2.24, 2.45) is 0 Å². The van der Waals surface area contributed by atoms with E-state index in [1.54, 1.807) is 0 Å². The maximum Gasteiger partial charge on any atom is 0.177 e. The summed E-state index contributed by atoms with van der Waals surface area (Å²) >= 11 is 5.44. The van der Waals surface area contributed by atoms with E-state index in [4.69, 9.17) is 12.2 Å². The zero-order chi connectivity index (χ0) is 13.7. The quantitative estimate of drug-likeness (QED) is 0.556. The fraction of sp³-hybridized carbons (Fsp3) is 0.438. The maximum absolute atomic E-state index is 5.44. The average Bonchev–Trinajstić information content (AvgIpc) is 2.82. The van der Waals surface area contributed by atoms with Crippen LogP contribution >= 0.6 is 12.2 Å². The van der Waals surface area contributed by atoms with Gasteiger partial charge < -0.3 is 9.55 Å². The highest BCUT2D eigenvalue weighted by atomic mass is 32.1. The molecule has 19 heavy (non-hydrogen) atoms. The SMILES string of the molecule is CCCCCC(C)n1c(-c2ccccc2)c[nH]c1=S. The van der Waals surface area contributed by atoms with E-state index in [1.807, 2.05) is 12.3 Å². The van der Waals surface area contributed by atoms with Gasteiger partial charge in [0.25, 0.3) is 0 Å². The minimum absolute atomic E-state index is 0.445. The number of unbranched alkanes of at least 4 members (excludes halogenated alkanes) is 2. The molecule has 1 aromatic carbocycles. The van der Waals surface area contributed by atoms with Crippen molar-refractivity contribution < 1.29 is 0 Å². The molecule has 0 aliphatic rings. The summed E-state index contributed by atoms with van der Waals surface area (Å²) in [6.45, 7) is 4.49. The van der Waals surface area contributed by atoms with E-state index in [0.717, 1.165) is 4.77 Å². The molecule has 0 aliphatic heterocycles. The molecule has 1 heterocycles. The van der Waals surface area contributed by atoms with Crippen molar-refractivity contribution in [2.45, 2.75) is 45.6 Å². The number of aromatic nitrogens is 2. The Morgan fingerprint density at radius 3 is 2.63 bits per heavy atom. The third kappa shape index (κ3) is 3.35. The molecular formula is C16H22N2S. The molecule has 1 unspecified atom stereocenters. The smallest absolute Gasteiger partial charge is 0.177 e. The molecule has 0 saturated heterocycles. The van der Waals surface area contributed by atoms with Crippen molar-refractivity contribution in [1.29, 1.82) is 0 Å². The number of nitrogens with one attached hydrogen (secondary N) is 1. The van der Waals surface area contributed by atoms with Crippen LogP contribution in [0.3, 0.4) is 0 Å². The fourth-order valence-corrected chi connectivity index (χ4v) is 2.80.